The highest BCUT2D eigenvalue weighted by molar-refractivity contribution is 5.74. The number of hydrogen-bond donors (Lipinski definition) is 0. The fourth-order valence-electron chi connectivity index (χ4n) is 1.07. The zero-order chi connectivity index (χ0) is 9.68. The molecule has 0 unspecified atom stereocenters. The number of aromatic nitrogens is 2. The number of benzene rings is 1. The number of fused-ring (bicyclic) bond motifs is 1. The van der Waals surface area contributed by atoms with Crippen molar-refractivity contribution in [2.45, 2.75) is 20.8 Å². The summed E-state index contributed by atoms with van der Waals surface area (Å²) >= 11 is 0. The van der Waals surface area contributed by atoms with Crippen LogP contribution in [0.15, 0.2) is 30.6 Å². The summed E-state index contributed by atoms with van der Waals surface area (Å²) in [6.45, 7) is 6.05. The van der Waals surface area contributed by atoms with Crippen molar-refractivity contribution in [3.8, 4) is 0 Å². The second kappa shape index (κ2) is 4.55. The van der Waals surface area contributed by atoms with Crippen LogP contribution in [0.4, 0.5) is 0 Å². The summed E-state index contributed by atoms with van der Waals surface area (Å²) in [5.41, 5.74) is 3.14. The van der Waals surface area contributed by atoms with Crippen molar-refractivity contribution in [2.75, 3.05) is 0 Å². The van der Waals surface area contributed by atoms with Crippen LogP contribution in [0.5, 0.6) is 0 Å². The van der Waals surface area contributed by atoms with Crippen molar-refractivity contribution in [3.05, 3.63) is 36.2 Å². The Morgan fingerprint density at radius 1 is 0.923 bits per heavy atom. The van der Waals surface area contributed by atoms with Gasteiger partial charge in [0.2, 0.25) is 0 Å². The molecule has 0 spiro atoms. The van der Waals surface area contributed by atoms with E-state index in [9.17, 15) is 0 Å². The largest absolute Gasteiger partial charge is 0.253 e. The molecule has 0 amide bonds. The molecule has 0 radical (unpaired) electrons. The molecular weight excluding hydrogens is 160 g/mol. The van der Waals surface area contributed by atoms with E-state index in [4.69, 9.17) is 0 Å². The normalized spacial score (nSPS) is 9.15. The Hall–Kier alpha value is -1.44. The zero-order valence-electron chi connectivity index (χ0n) is 8.28. The van der Waals surface area contributed by atoms with E-state index < -0.39 is 0 Å². The van der Waals surface area contributed by atoms with Crippen molar-refractivity contribution in [1.82, 2.24) is 9.97 Å². The first-order valence-electron chi connectivity index (χ1n) is 4.53. The minimum atomic E-state index is 0.957. The third kappa shape index (κ3) is 2.25. The first-order chi connectivity index (χ1) is 6.36. The Kier molecular flexibility index (Phi) is 3.38. The van der Waals surface area contributed by atoms with Gasteiger partial charge in [-0.1, -0.05) is 19.9 Å². The van der Waals surface area contributed by atoms with Gasteiger partial charge in [-0.2, -0.15) is 0 Å². The topological polar surface area (TPSA) is 25.8 Å². The Labute approximate surface area is 78.7 Å². The molecule has 0 atom stereocenters. The Morgan fingerprint density at radius 3 is 2.23 bits per heavy atom. The minimum absolute atomic E-state index is 0.957. The van der Waals surface area contributed by atoms with E-state index in [0.717, 1.165) is 11.0 Å². The predicted octanol–water partition coefficient (Wildman–Crippen LogP) is 2.96. The predicted molar refractivity (Wildman–Crippen MR) is 55.6 cm³/mol. The van der Waals surface area contributed by atoms with Crippen LogP contribution in [-0.2, 0) is 0 Å². The summed E-state index contributed by atoms with van der Waals surface area (Å²) in [4.78, 5) is 8.34. The molecule has 0 aliphatic rings. The summed E-state index contributed by atoms with van der Waals surface area (Å²) in [6.07, 6.45) is 3.42. The highest BCUT2D eigenvalue weighted by Crippen LogP contribution is 2.08. The molecule has 2 aromatic rings. The van der Waals surface area contributed by atoms with E-state index in [-0.39, 0.29) is 0 Å². The summed E-state index contributed by atoms with van der Waals surface area (Å²) < 4.78 is 0. The molecule has 2 nitrogen and oxygen atoms in total. The molecular formula is C11H14N2. The van der Waals surface area contributed by atoms with Gasteiger partial charge in [0.25, 0.3) is 0 Å². The lowest BCUT2D eigenvalue weighted by Crippen LogP contribution is -1.81. The molecule has 68 valence electrons. The fourth-order valence-corrected chi connectivity index (χ4v) is 1.07. The van der Waals surface area contributed by atoms with E-state index >= 15 is 0 Å². The maximum absolute atomic E-state index is 4.18. The van der Waals surface area contributed by atoms with Crippen LogP contribution in [-0.4, -0.2) is 9.97 Å². The smallest absolute Gasteiger partial charge is 0.0889 e. The van der Waals surface area contributed by atoms with Gasteiger partial charge in [0, 0.05) is 12.4 Å². The van der Waals surface area contributed by atoms with Crippen molar-refractivity contribution >= 4 is 11.0 Å². The summed E-state index contributed by atoms with van der Waals surface area (Å²) in [5.74, 6) is 0. The molecule has 13 heavy (non-hydrogen) atoms. The number of aryl methyl sites for hydroxylation is 1. The minimum Gasteiger partial charge on any atom is -0.253 e. The first-order valence-corrected chi connectivity index (χ1v) is 4.53. The van der Waals surface area contributed by atoms with Gasteiger partial charge < -0.3 is 0 Å². The van der Waals surface area contributed by atoms with E-state index in [1.165, 1.54) is 5.56 Å². The lowest BCUT2D eigenvalue weighted by atomic mass is 10.2. The van der Waals surface area contributed by atoms with Crippen LogP contribution in [0.1, 0.15) is 19.4 Å². The van der Waals surface area contributed by atoms with Crippen molar-refractivity contribution in [1.29, 1.82) is 0 Å². The first kappa shape index (κ1) is 9.65. The second-order valence-electron chi connectivity index (χ2n) is 2.55. The highest BCUT2D eigenvalue weighted by atomic mass is 14.8. The van der Waals surface area contributed by atoms with Gasteiger partial charge >= 0.3 is 0 Å². The van der Waals surface area contributed by atoms with Gasteiger partial charge in [-0.05, 0) is 24.6 Å². The molecule has 0 bridgehead atoms. The van der Waals surface area contributed by atoms with E-state index in [1.807, 2.05) is 39.0 Å². The Bertz CT molecular complexity index is 383. The van der Waals surface area contributed by atoms with Crippen LogP contribution in [0.3, 0.4) is 0 Å². The molecule has 2 heteroatoms. The van der Waals surface area contributed by atoms with E-state index in [2.05, 4.69) is 9.97 Å². The average molecular weight is 174 g/mol. The third-order valence-electron chi connectivity index (χ3n) is 1.62. The number of nitrogens with zero attached hydrogens (tertiary/aromatic N) is 2. The highest BCUT2D eigenvalue weighted by Gasteiger charge is 1.92. The third-order valence-corrected chi connectivity index (χ3v) is 1.62. The fraction of sp³-hybridized carbons (Fsp3) is 0.273. The van der Waals surface area contributed by atoms with Gasteiger partial charge in [-0.15, -0.1) is 0 Å². The maximum atomic E-state index is 4.18. The monoisotopic (exact) mass is 174 g/mol. The van der Waals surface area contributed by atoms with Gasteiger partial charge in [-0.25, -0.2) is 0 Å². The van der Waals surface area contributed by atoms with Crippen molar-refractivity contribution < 1.29 is 0 Å². The van der Waals surface area contributed by atoms with Crippen LogP contribution >= 0.6 is 0 Å². The standard InChI is InChI=1S/C9H8N2.C2H6/c1-7-2-3-8-9(6-7)11-5-4-10-8;1-2/h2-6H,1H3;1-2H3. The van der Waals surface area contributed by atoms with Gasteiger partial charge in [-0.3, -0.25) is 9.97 Å². The molecule has 1 aromatic heterocycles. The number of hydrogen-bond acceptors (Lipinski definition) is 2. The number of rotatable bonds is 0. The lowest BCUT2D eigenvalue weighted by Gasteiger charge is -1.95. The molecule has 2 rings (SSSR count). The summed E-state index contributed by atoms with van der Waals surface area (Å²) in [5, 5.41) is 0. The summed E-state index contributed by atoms with van der Waals surface area (Å²) in [7, 11) is 0. The lowest BCUT2D eigenvalue weighted by molar-refractivity contribution is 1.28. The van der Waals surface area contributed by atoms with Crippen LogP contribution in [0.2, 0.25) is 0 Å². The van der Waals surface area contributed by atoms with Crippen LogP contribution < -0.4 is 0 Å². The SMILES string of the molecule is CC.Cc1ccc2nccnc2c1. The zero-order valence-corrected chi connectivity index (χ0v) is 8.28. The molecule has 0 aliphatic carbocycles. The quantitative estimate of drug-likeness (QED) is 0.613. The molecule has 1 aromatic carbocycles. The second-order valence-corrected chi connectivity index (χ2v) is 2.55. The Balaban J connectivity index is 0.000000396. The van der Waals surface area contributed by atoms with Gasteiger partial charge in [0.15, 0.2) is 0 Å². The average Bonchev–Trinajstić information content (AvgIpc) is 2.21. The van der Waals surface area contributed by atoms with E-state index in [1.54, 1.807) is 12.4 Å². The molecule has 0 saturated carbocycles. The van der Waals surface area contributed by atoms with E-state index in [0.29, 0.717) is 0 Å². The van der Waals surface area contributed by atoms with Crippen molar-refractivity contribution in [3.63, 3.8) is 0 Å². The molecule has 0 N–H and O–H groups in total. The summed E-state index contributed by atoms with van der Waals surface area (Å²) in [6, 6.07) is 6.05. The Morgan fingerprint density at radius 2 is 1.54 bits per heavy atom. The maximum Gasteiger partial charge on any atom is 0.0889 e. The van der Waals surface area contributed by atoms with Gasteiger partial charge in [0.1, 0.15) is 0 Å². The molecule has 1 heterocycles. The molecule has 0 fully saturated rings. The van der Waals surface area contributed by atoms with Crippen LogP contribution in [0, 0.1) is 6.92 Å². The van der Waals surface area contributed by atoms with Gasteiger partial charge in [0.05, 0.1) is 11.0 Å². The van der Waals surface area contributed by atoms with Crippen molar-refractivity contribution in [2.24, 2.45) is 0 Å². The van der Waals surface area contributed by atoms with Crippen LogP contribution in [0.25, 0.3) is 11.0 Å². The molecule has 0 saturated heterocycles. The molecule has 0 aliphatic heterocycles.